The number of ether oxygens (including phenoxy) is 1. The smallest absolute Gasteiger partial charge is 0.419 e. The zero-order valence-electron chi connectivity index (χ0n) is 9.61. The van der Waals surface area contributed by atoms with Crippen LogP contribution in [-0.4, -0.2) is 17.6 Å². The lowest BCUT2D eigenvalue weighted by Gasteiger charge is -2.01. The Kier molecular flexibility index (Phi) is 3.74. The first-order valence-electron chi connectivity index (χ1n) is 5.49. The largest absolute Gasteiger partial charge is 0.497 e. The molecular formula is C12H14ClNO3. The van der Waals surface area contributed by atoms with E-state index in [-0.39, 0.29) is 5.76 Å². The molecule has 1 heterocycles. The van der Waals surface area contributed by atoms with E-state index in [2.05, 4.69) is 0 Å². The van der Waals surface area contributed by atoms with E-state index in [0.717, 1.165) is 18.4 Å². The topological polar surface area (TPSA) is 44.4 Å². The summed E-state index contributed by atoms with van der Waals surface area (Å²) in [7, 11) is 1.58. The quantitative estimate of drug-likeness (QED) is 0.609. The van der Waals surface area contributed by atoms with Gasteiger partial charge in [0.05, 0.1) is 12.6 Å². The van der Waals surface area contributed by atoms with Crippen molar-refractivity contribution in [3.63, 3.8) is 0 Å². The lowest BCUT2D eigenvalue weighted by molar-refractivity contribution is 0.414. The maximum absolute atomic E-state index is 11.7. The number of benzene rings is 1. The van der Waals surface area contributed by atoms with E-state index >= 15 is 0 Å². The fourth-order valence-corrected chi connectivity index (χ4v) is 1.94. The van der Waals surface area contributed by atoms with Crippen LogP contribution in [0.15, 0.2) is 27.4 Å². The van der Waals surface area contributed by atoms with Crippen molar-refractivity contribution in [2.45, 2.75) is 19.4 Å². The normalized spacial score (nSPS) is 10.9. The minimum atomic E-state index is -0.331. The van der Waals surface area contributed by atoms with Crippen molar-refractivity contribution in [1.82, 2.24) is 4.57 Å². The predicted molar refractivity (Wildman–Crippen MR) is 67.0 cm³/mol. The van der Waals surface area contributed by atoms with Gasteiger partial charge in [0.15, 0.2) is 5.58 Å². The van der Waals surface area contributed by atoms with E-state index in [1.165, 1.54) is 0 Å². The summed E-state index contributed by atoms with van der Waals surface area (Å²) in [5.41, 5.74) is 1.35. The number of unbranched alkanes of at least 4 members (excludes halogenated alkanes) is 1. The highest BCUT2D eigenvalue weighted by Gasteiger charge is 2.09. The molecule has 5 heteroatoms. The zero-order valence-corrected chi connectivity index (χ0v) is 10.4. The third-order valence-corrected chi connectivity index (χ3v) is 2.91. The molecule has 0 bridgehead atoms. The maximum atomic E-state index is 11.7. The Hall–Kier alpha value is -1.42. The van der Waals surface area contributed by atoms with Crippen LogP contribution < -0.4 is 10.5 Å². The maximum Gasteiger partial charge on any atom is 0.419 e. The summed E-state index contributed by atoms with van der Waals surface area (Å²) in [5.74, 6) is 0.959. The molecule has 0 amide bonds. The molecule has 1 aromatic heterocycles. The number of methoxy groups -OCH3 is 1. The van der Waals surface area contributed by atoms with Gasteiger partial charge >= 0.3 is 5.76 Å². The molecule has 0 aliphatic rings. The van der Waals surface area contributed by atoms with Crippen LogP contribution in [0.5, 0.6) is 5.75 Å². The Morgan fingerprint density at radius 3 is 2.94 bits per heavy atom. The number of hydrogen-bond donors (Lipinski definition) is 0. The van der Waals surface area contributed by atoms with Gasteiger partial charge < -0.3 is 9.15 Å². The number of aromatic nitrogens is 1. The van der Waals surface area contributed by atoms with Gasteiger partial charge in [-0.05, 0) is 25.0 Å². The van der Waals surface area contributed by atoms with Crippen LogP contribution in [-0.2, 0) is 6.54 Å². The molecule has 0 saturated heterocycles. The average Bonchev–Trinajstić information content (AvgIpc) is 2.65. The molecule has 2 rings (SSSR count). The van der Waals surface area contributed by atoms with Crippen LogP contribution in [0.25, 0.3) is 11.1 Å². The van der Waals surface area contributed by atoms with Gasteiger partial charge in [-0.3, -0.25) is 4.57 Å². The molecular weight excluding hydrogens is 242 g/mol. The minimum Gasteiger partial charge on any atom is -0.497 e. The summed E-state index contributed by atoms with van der Waals surface area (Å²) in [5, 5.41) is 0. The highest BCUT2D eigenvalue weighted by molar-refractivity contribution is 6.17. The second kappa shape index (κ2) is 5.27. The van der Waals surface area contributed by atoms with Crippen LogP contribution in [0.2, 0.25) is 0 Å². The molecule has 92 valence electrons. The Morgan fingerprint density at radius 2 is 2.24 bits per heavy atom. The van der Waals surface area contributed by atoms with Gasteiger partial charge in [0.2, 0.25) is 0 Å². The Morgan fingerprint density at radius 1 is 1.41 bits per heavy atom. The van der Waals surface area contributed by atoms with E-state index in [1.807, 2.05) is 12.1 Å². The van der Waals surface area contributed by atoms with Crippen LogP contribution in [0.3, 0.4) is 0 Å². The summed E-state index contributed by atoms with van der Waals surface area (Å²) < 4.78 is 11.9. The number of aryl methyl sites for hydroxylation is 1. The van der Waals surface area contributed by atoms with Crippen molar-refractivity contribution in [3.8, 4) is 5.75 Å². The molecule has 0 unspecified atom stereocenters. The van der Waals surface area contributed by atoms with Gasteiger partial charge in [-0.25, -0.2) is 4.79 Å². The molecule has 17 heavy (non-hydrogen) atoms. The third-order valence-electron chi connectivity index (χ3n) is 2.64. The lowest BCUT2D eigenvalue weighted by atomic mass is 10.3. The summed E-state index contributed by atoms with van der Waals surface area (Å²) in [6.45, 7) is 0.630. The molecule has 0 fully saturated rings. The molecule has 0 N–H and O–H groups in total. The Bertz CT molecular complexity index is 558. The summed E-state index contributed by atoms with van der Waals surface area (Å²) >= 11 is 5.61. The fraction of sp³-hybridized carbons (Fsp3) is 0.417. The van der Waals surface area contributed by atoms with E-state index in [4.69, 9.17) is 20.8 Å². The third kappa shape index (κ3) is 2.47. The van der Waals surface area contributed by atoms with Gasteiger partial charge in [0, 0.05) is 18.5 Å². The average molecular weight is 256 g/mol. The number of hydrogen-bond acceptors (Lipinski definition) is 3. The van der Waals surface area contributed by atoms with Crippen LogP contribution >= 0.6 is 11.6 Å². The van der Waals surface area contributed by atoms with Gasteiger partial charge in [-0.2, -0.15) is 0 Å². The predicted octanol–water partition coefficient (Wildman–Crippen LogP) is 2.62. The van der Waals surface area contributed by atoms with Gasteiger partial charge in [0.25, 0.3) is 0 Å². The molecule has 0 aliphatic heterocycles. The van der Waals surface area contributed by atoms with Crippen molar-refractivity contribution in [2.75, 3.05) is 13.0 Å². The number of halogens is 1. The van der Waals surface area contributed by atoms with E-state index < -0.39 is 0 Å². The zero-order chi connectivity index (χ0) is 12.3. The van der Waals surface area contributed by atoms with Crippen molar-refractivity contribution in [3.05, 3.63) is 28.7 Å². The van der Waals surface area contributed by atoms with Crippen LogP contribution in [0, 0.1) is 0 Å². The first-order valence-corrected chi connectivity index (χ1v) is 6.03. The van der Waals surface area contributed by atoms with Crippen LogP contribution in [0.4, 0.5) is 0 Å². The summed E-state index contributed by atoms with van der Waals surface area (Å²) in [6, 6.07) is 5.36. The summed E-state index contributed by atoms with van der Waals surface area (Å²) in [4.78, 5) is 11.7. The molecule has 4 nitrogen and oxygen atoms in total. The molecule has 2 aromatic rings. The molecule has 0 saturated carbocycles. The van der Waals surface area contributed by atoms with Crippen molar-refractivity contribution >= 4 is 22.7 Å². The molecule has 0 aliphatic carbocycles. The minimum absolute atomic E-state index is 0.331. The summed E-state index contributed by atoms with van der Waals surface area (Å²) in [6.07, 6.45) is 1.75. The van der Waals surface area contributed by atoms with E-state index in [1.54, 1.807) is 17.7 Å². The first kappa shape index (κ1) is 12.0. The van der Waals surface area contributed by atoms with Gasteiger partial charge in [-0.15, -0.1) is 11.6 Å². The SMILES string of the molecule is COc1ccc2c(c1)oc(=O)n2CCCCCl. The number of nitrogens with zero attached hydrogens (tertiary/aromatic N) is 1. The molecule has 1 aromatic carbocycles. The fourth-order valence-electron chi connectivity index (χ4n) is 1.75. The second-order valence-electron chi connectivity index (χ2n) is 3.75. The lowest BCUT2D eigenvalue weighted by Crippen LogP contribution is -2.14. The van der Waals surface area contributed by atoms with Crippen molar-refractivity contribution in [2.24, 2.45) is 0 Å². The highest BCUT2D eigenvalue weighted by atomic mass is 35.5. The first-order chi connectivity index (χ1) is 8.26. The van der Waals surface area contributed by atoms with Crippen molar-refractivity contribution in [1.29, 1.82) is 0 Å². The number of rotatable bonds is 5. The number of fused-ring (bicyclic) bond motifs is 1. The Balaban J connectivity index is 2.35. The highest BCUT2D eigenvalue weighted by Crippen LogP contribution is 2.20. The Labute approximate surface area is 104 Å². The van der Waals surface area contributed by atoms with Gasteiger partial charge in [0.1, 0.15) is 5.75 Å². The van der Waals surface area contributed by atoms with Gasteiger partial charge in [-0.1, -0.05) is 0 Å². The van der Waals surface area contributed by atoms with E-state index in [0.29, 0.717) is 23.8 Å². The van der Waals surface area contributed by atoms with E-state index in [9.17, 15) is 4.79 Å². The number of alkyl halides is 1. The second-order valence-corrected chi connectivity index (χ2v) is 4.13. The number of oxazole rings is 1. The van der Waals surface area contributed by atoms with Crippen molar-refractivity contribution < 1.29 is 9.15 Å². The van der Waals surface area contributed by atoms with Crippen LogP contribution in [0.1, 0.15) is 12.8 Å². The molecule has 0 radical (unpaired) electrons. The standard InChI is InChI=1S/C12H14ClNO3/c1-16-9-4-5-10-11(8-9)17-12(15)14(10)7-3-2-6-13/h4-5,8H,2-3,6-7H2,1H3. The monoisotopic (exact) mass is 255 g/mol. The molecule has 0 atom stereocenters. The molecule has 0 spiro atoms.